The predicted molar refractivity (Wildman–Crippen MR) is 56.9 cm³/mol. The first-order valence-electron chi connectivity index (χ1n) is 5.71. The average Bonchev–Trinajstić information content (AvgIpc) is 3.10. The zero-order valence-electron chi connectivity index (χ0n) is 9.94. The van der Waals surface area contributed by atoms with E-state index in [1.807, 2.05) is 13.8 Å². The highest BCUT2D eigenvalue weighted by Crippen LogP contribution is 2.09. The Labute approximate surface area is 96.0 Å². The van der Waals surface area contributed by atoms with Gasteiger partial charge < -0.3 is 18.9 Å². The van der Waals surface area contributed by atoms with Crippen molar-refractivity contribution >= 4 is 5.97 Å². The summed E-state index contributed by atoms with van der Waals surface area (Å²) in [4.78, 5) is 11.2. The Hall–Kier alpha value is -0.650. The Kier molecular flexibility index (Phi) is 6.37. The van der Waals surface area contributed by atoms with Crippen LogP contribution in [0, 0.1) is 5.92 Å². The number of epoxide rings is 1. The summed E-state index contributed by atoms with van der Waals surface area (Å²) >= 11 is 0. The summed E-state index contributed by atoms with van der Waals surface area (Å²) in [6.07, 6.45) is 0.779. The van der Waals surface area contributed by atoms with E-state index >= 15 is 0 Å². The van der Waals surface area contributed by atoms with Crippen molar-refractivity contribution in [3.8, 4) is 0 Å². The van der Waals surface area contributed by atoms with Crippen molar-refractivity contribution in [2.45, 2.75) is 26.6 Å². The van der Waals surface area contributed by atoms with E-state index in [-0.39, 0.29) is 18.2 Å². The van der Waals surface area contributed by atoms with Crippen molar-refractivity contribution in [3.63, 3.8) is 0 Å². The highest BCUT2D eigenvalue weighted by atomic mass is 16.8. The zero-order chi connectivity index (χ0) is 11.8. The van der Waals surface area contributed by atoms with E-state index in [1.54, 1.807) is 0 Å². The summed E-state index contributed by atoms with van der Waals surface area (Å²) in [6, 6.07) is 0. The first kappa shape index (κ1) is 13.4. The summed E-state index contributed by atoms with van der Waals surface area (Å²) in [5, 5.41) is 0. The fourth-order valence-electron chi connectivity index (χ4n) is 0.986. The van der Waals surface area contributed by atoms with Crippen LogP contribution in [-0.2, 0) is 23.7 Å². The number of esters is 1. The lowest BCUT2D eigenvalue weighted by molar-refractivity contribution is -0.149. The van der Waals surface area contributed by atoms with Gasteiger partial charge in [-0.2, -0.15) is 0 Å². The smallest absolute Gasteiger partial charge is 0.308 e. The molecule has 16 heavy (non-hydrogen) atoms. The van der Waals surface area contributed by atoms with Crippen LogP contribution in [0.1, 0.15) is 20.3 Å². The van der Waals surface area contributed by atoms with Crippen LogP contribution in [-0.4, -0.2) is 45.3 Å². The molecule has 1 fully saturated rings. The molecule has 1 aliphatic rings. The third-order valence-electron chi connectivity index (χ3n) is 2.32. The minimum absolute atomic E-state index is 0.0215. The van der Waals surface area contributed by atoms with Gasteiger partial charge in [-0.3, -0.25) is 4.79 Å². The number of rotatable bonds is 9. The van der Waals surface area contributed by atoms with Gasteiger partial charge >= 0.3 is 5.97 Å². The first-order valence-corrected chi connectivity index (χ1v) is 5.71. The molecule has 0 N–H and O–H groups in total. The van der Waals surface area contributed by atoms with Crippen molar-refractivity contribution in [1.29, 1.82) is 0 Å². The molecule has 0 amide bonds. The van der Waals surface area contributed by atoms with E-state index < -0.39 is 0 Å². The third kappa shape index (κ3) is 6.05. The van der Waals surface area contributed by atoms with Crippen LogP contribution in [0.15, 0.2) is 0 Å². The lowest BCUT2D eigenvalue weighted by atomic mass is 10.1. The van der Waals surface area contributed by atoms with E-state index in [0.717, 1.165) is 6.42 Å². The van der Waals surface area contributed by atoms with E-state index in [2.05, 4.69) is 0 Å². The van der Waals surface area contributed by atoms with Crippen LogP contribution in [0.25, 0.3) is 0 Å². The molecule has 2 atom stereocenters. The molecular weight excluding hydrogens is 212 g/mol. The summed E-state index contributed by atoms with van der Waals surface area (Å²) in [5.41, 5.74) is 0. The van der Waals surface area contributed by atoms with E-state index in [4.69, 9.17) is 18.9 Å². The fraction of sp³-hybridized carbons (Fsp3) is 0.909. The van der Waals surface area contributed by atoms with Gasteiger partial charge in [0.25, 0.3) is 0 Å². The molecule has 2 unspecified atom stereocenters. The number of carbonyl (C=O) groups excluding carboxylic acids is 1. The van der Waals surface area contributed by atoms with Gasteiger partial charge in [0.15, 0.2) is 6.29 Å². The molecule has 1 heterocycles. The number of ether oxygens (including phenoxy) is 4. The summed E-state index contributed by atoms with van der Waals surface area (Å²) in [7, 11) is 0. The Bertz CT molecular complexity index is 203. The number of carbonyl (C=O) groups is 1. The second kappa shape index (κ2) is 7.60. The molecule has 1 aliphatic heterocycles. The van der Waals surface area contributed by atoms with Crippen LogP contribution in [0.5, 0.6) is 0 Å². The maximum Gasteiger partial charge on any atom is 0.308 e. The zero-order valence-corrected chi connectivity index (χ0v) is 9.94. The van der Waals surface area contributed by atoms with Gasteiger partial charge in [0.2, 0.25) is 0 Å². The molecular formula is C11H20O5. The highest BCUT2D eigenvalue weighted by molar-refractivity contribution is 5.71. The monoisotopic (exact) mass is 232 g/mol. The number of hydrogen-bond acceptors (Lipinski definition) is 5. The van der Waals surface area contributed by atoms with Crippen LogP contribution < -0.4 is 0 Å². The largest absolute Gasteiger partial charge is 0.463 e. The number of hydrogen-bond donors (Lipinski definition) is 0. The molecule has 0 saturated carbocycles. The minimum atomic E-state index is -0.159. The van der Waals surface area contributed by atoms with Crippen LogP contribution in [0.3, 0.4) is 0 Å². The molecule has 0 radical (unpaired) electrons. The topological polar surface area (TPSA) is 57.3 Å². The fourth-order valence-corrected chi connectivity index (χ4v) is 0.986. The van der Waals surface area contributed by atoms with Gasteiger partial charge in [-0.05, 0) is 6.42 Å². The maximum absolute atomic E-state index is 11.2. The Balaban J connectivity index is 1.81. The molecule has 0 aromatic carbocycles. The normalized spacial score (nSPS) is 20.5. The summed E-state index contributed by atoms with van der Waals surface area (Å²) < 4.78 is 20.3. The Morgan fingerprint density at radius 2 is 2.06 bits per heavy atom. The Morgan fingerprint density at radius 3 is 2.69 bits per heavy atom. The molecule has 5 heteroatoms. The third-order valence-corrected chi connectivity index (χ3v) is 2.32. The summed E-state index contributed by atoms with van der Waals surface area (Å²) in [6.45, 7) is 6.24. The van der Waals surface area contributed by atoms with Gasteiger partial charge in [0.1, 0.15) is 13.2 Å². The van der Waals surface area contributed by atoms with Crippen LogP contribution >= 0.6 is 0 Å². The quantitative estimate of drug-likeness (QED) is 0.337. The van der Waals surface area contributed by atoms with Crippen molar-refractivity contribution in [1.82, 2.24) is 0 Å². The van der Waals surface area contributed by atoms with Crippen molar-refractivity contribution in [2.75, 3.05) is 33.0 Å². The highest BCUT2D eigenvalue weighted by Gasteiger charge is 2.22. The first-order chi connectivity index (χ1) is 7.74. The van der Waals surface area contributed by atoms with Crippen LogP contribution in [0.4, 0.5) is 0 Å². The van der Waals surface area contributed by atoms with Crippen molar-refractivity contribution in [2.24, 2.45) is 5.92 Å². The van der Waals surface area contributed by atoms with Gasteiger partial charge in [-0.25, -0.2) is 0 Å². The minimum Gasteiger partial charge on any atom is -0.463 e. The second-order valence-corrected chi connectivity index (χ2v) is 3.72. The molecule has 5 nitrogen and oxygen atoms in total. The molecule has 94 valence electrons. The maximum atomic E-state index is 11.2. The van der Waals surface area contributed by atoms with E-state index in [0.29, 0.717) is 33.0 Å². The molecule has 0 bridgehead atoms. The van der Waals surface area contributed by atoms with Gasteiger partial charge in [0.05, 0.1) is 25.7 Å². The Morgan fingerprint density at radius 1 is 1.38 bits per heavy atom. The van der Waals surface area contributed by atoms with Crippen LogP contribution in [0.2, 0.25) is 0 Å². The molecule has 0 spiro atoms. The second-order valence-electron chi connectivity index (χ2n) is 3.72. The molecule has 0 aromatic rings. The summed E-state index contributed by atoms with van der Waals surface area (Å²) in [5.74, 6) is -0.191. The SMILES string of the molecule is CCC(C)C(=O)OCCOCCOC1CO1. The molecule has 1 rings (SSSR count). The molecule has 0 aliphatic carbocycles. The van der Waals surface area contributed by atoms with Gasteiger partial charge in [-0.1, -0.05) is 13.8 Å². The lowest BCUT2D eigenvalue weighted by Gasteiger charge is -2.09. The van der Waals surface area contributed by atoms with Gasteiger partial charge in [0, 0.05) is 0 Å². The lowest BCUT2D eigenvalue weighted by Crippen LogP contribution is -2.17. The molecule has 0 aromatic heterocycles. The van der Waals surface area contributed by atoms with Crippen molar-refractivity contribution in [3.05, 3.63) is 0 Å². The van der Waals surface area contributed by atoms with Gasteiger partial charge in [-0.15, -0.1) is 0 Å². The standard InChI is InChI=1S/C11H20O5/c1-3-9(2)11(12)15-7-5-13-4-6-14-10-8-16-10/h9-10H,3-8H2,1-2H3. The predicted octanol–water partition coefficient (Wildman–Crippen LogP) is 0.965. The van der Waals surface area contributed by atoms with E-state index in [1.165, 1.54) is 0 Å². The average molecular weight is 232 g/mol. The molecule has 1 saturated heterocycles. The van der Waals surface area contributed by atoms with E-state index in [9.17, 15) is 4.79 Å². The van der Waals surface area contributed by atoms with Crippen molar-refractivity contribution < 1.29 is 23.7 Å².